The number of likely N-dealkylation sites (tertiary alicyclic amines) is 1. The molecule has 3 aromatic rings. The van der Waals surface area contributed by atoms with Gasteiger partial charge in [0, 0.05) is 37.0 Å². The minimum absolute atomic E-state index is 0.0309. The molecule has 2 aromatic carbocycles. The number of carbonyl (C=O) groups is 2. The number of esters is 1. The SMILES string of the molecule is CC(=O)Oc1ccc2cc(C(=O)N3CCC(Cc4ccccc4)CC3)[nH]c2c1. The number of fused-ring (bicyclic) bond motifs is 1. The topological polar surface area (TPSA) is 62.4 Å². The van der Waals surface area contributed by atoms with Crippen LogP contribution >= 0.6 is 0 Å². The Labute approximate surface area is 164 Å². The molecule has 1 amide bonds. The van der Waals surface area contributed by atoms with Crippen LogP contribution in [-0.4, -0.2) is 34.8 Å². The molecule has 0 aliphatic carbocycles. The second kappa shape index (κ2) is 7.89. The van der Waals surface area contributed by atoms with Crippen molar-refractivity contribution in [2.24, 2.45) is 5.92 Å². The molecular weight excluding hydrogens is 352 g/mol. The Morgan fingerprint density at radius 3 is 2.54 bits per heavy atom. The molecular formula is C23H24N2O3. The highest BCUT2D eigenvalue weighted by atomic mass is 16.5. The molecule has 0 saturated carbocycles. The van der Waals surface area contributed by atoms with Crippen molar-refractivity contribution in [1.82, 2.24) is 9.88 Å². The molecule has 0 spiro atoms. The van der Waals surface area contributed by atoms with Crippen molar-refractivity contribution in [3.8, 4) is 5.75 Å². The lowest BCUT2D eigenvalue weighted by Gasteiger charge is -2.31. The third-order valence-electron chi connectivity index (χ3n) is 5.35. The van der Waals surface area contributed by atoms with Gasteiger partial charge < -0.3 is 14.6 Å². The first-order valence-corrected chi connectivity index (χ1v) is 9.73. The predicted molar refractivity (Wildman–Crippen MR) is 108 cm³/mol. The van der Waals surface area contributed by atoms with Crippen molar-refractivity contribution in [2.75, 3.05) is 13.1 Å². The fraction of sp³-hybridized carbons (Fsp3) is 0.304. The van der Waals surface area contributed by atoms with Gasteiger partial charge in [0.1, 0.15) is 11.4 Å². The van der Waals surface area contributed by atoms with Crippen molar-refractivity contribution in [2.45, 2.75) is 26.2 Å². The number of aromatic nitrogens is 1. The van der Waals surface area contributed by atoms with Crippen LogP contribution in [0.5, 0.6) is 5.75 Å². The van der Waals surface area contributed by atoms with Crippen LogP contribution in [0.1, 0.15) is 35.8 Å². The van der Waals surface area contributed by atoms with E-state index in [4.69, 9.17) is 4.74 Å². The van der Waals surface area contributed by atoms with E-state index in [2.05, 4.69) is 29.2 Å². The van der Waals surface area contributed by atoms with Gasteiger partial charge in [0.15, 0.2) is 0 Å². The van der Waals surface area contributed by atoms with E-state index in [0.717, 1.165) is 43.3 Å². The lowest BCUT2D eigenvalue weighted by atomic mass is 9.90. The number of piperidine rings is 1. The van der Waals surface area contributed by atoms with Gasteiger partial charge in [-0.05, 0) is 48.9 Å². The molecule has 1 N–H and O–H groups in total. The zero-order chi connectivity index (χ0) is 19.5. The molecule has 0 bridgehead atoms. The average molecular weight is 376 g/mol. The molecule has 4 rings (SSSR count). The number of nitrogens with one attached hydrogen (secondary N) is 1. The summed E-state index contributed by atoms with van der Waals surface area (Å²) < 4.78 is 5.11. The Morgan fingerprint density at radius 2 is 1.82 bits per heavy atom. The number of rotatable bonds is 4. The molecule has 28 heavy (non-hydrogen) atoms. The maximum absolute atomic E-state index is 12.9. The first-order chi connectivity index (χ1) is 13.6. The Kier molecular flexibility index (Phi) is 5.15. The third-order valence-corrected chi connectivity index (χ3v) is 5.35. The molecule has 0 radical (unpaired) electrons. The average Bonchev–Trinajstić information content (AvgIpc) is 3.12. The van der Waals surface area contributed by atoms with Gasteiger partial charge in [0.05, 0.1) is 0 Å². The summed E-state index contributed by atoms with van der Waals surface area (Å²) >= 11 is 0. The lowest BCUT2D eigenvalue weighted by molar-refractivity contribution is -0.131. The first kappa shape index (κ1) is 18.3. The van der Waals surface area contributed by atoms with E-state index in [1.54, 1.807) is 12.1 Å². The number of ether oxygens (including phenoxy) is 1. The zero-order valence-electron chi connectivity index (χ0n) is 16.0. The number of amides is 1. The molecule has 1 aromatic heterocycles. The molecule has 144 valence electrons. The van der Waals surface area contributed by atoms with Crippen molar-refractivity contribution in [3.05, 3.63) is 65.9 Å². The number of aromatic amines is 1. The summed E-state index contributed by atoms with van der Waals surface area (Å²) in [5, 5.41) is 0.929. The van der Waals surface area contributed by atoms with Gasteiger partial charge in [0.2, 0.25) is 0 Å². The van der Waals surface area contributed by atoms with Crippen LogP contribution in [-0.2, 0) is 11.2 Å². The zero-order valence-corrected chi connectivity index (χ0v) is 16.0. The molecule has 0 atom stereocenters. The van der Waals surface area contributed by atoms with Crippen LogP contribution in [0.3, 0.4) is 0 Å². The Hall–Kier alpha value is -3.08. The highest BCUT2D eigenvalue weighted by molar-refractivity contribution is 5.98. The minimum Gasteiger partial charge on any atom is -0.427 e. The van der Waals surface area contributed by atoms with Crippen LogP contribution in [0.4, 0.5) is 0 Å². The van der Waals surface area contributed by atoms with Crippen LogP contribution in [0.2, 0.25) is 0 Å². The van der Waals surface area contributed by atoms with Gasteiger partial charge in [-0.2, -0.15) is 0 Å². The van der Waals surface area contributed by atoms with Gasteiger partial charge in [-0.1, -0.05) is 30.3 Å². The van der Waals surface area contributed by atoms with E-state index in [-0.39, 0.29) is 11.9 Å². The minimum atomic E-state index is -0.361. The van der Waals surface area contributed by atoms with E-state index in [0.29, 0.717) is 17.4 Å². The summed E-state index contributed by atoms with van der Waals surface area (Å²) in [5.41, 5.74) is 2.74. The van der Waals surface area contributed by atoms with Gasteiger partial charge in [-0.15, -0.1) is 0 Å². The van der Waals surface area contributed by atoms with Gasteiger partial charge in [-0.3, -0.25) is 9.59 Å². The largest absolute Gasteiger partial charge is 0.427 e. The first-order valence-electron chi connectivity index (χ1n) is 9.73. The fourth-order valence-electron chi connectivity index (χ4n) is 3.91. The quantitative estimate of drug-likeness (QED) is 0.549. The standard InChI is InChI=1S/C23H24N2O3/c1-16(26)28-20-8-7-19-14-22(24-21(19)15-20)23(27)25-11-9-18(10-12-25)13-17-5-3-2-4-6-17/h2-8,14-15,18,24H,9-13H2,1H3. The Balaban J connectivity index is 1.40. The summed E-state index contributed by atoms with van der Waals surface area (Å²) in [6.45, 7) is 2.93. The summed E-state index contributed by atoms with van der Waals surface area (Å²) in [6.07, 6.45) is 3.13. The number of benzene rings is 2. The maximum atomic E-state index is 12.9. The smallest absolute Gasteiger partial charge is 0.308 e. The number of carbonyl (C=O) groups excluding carboxylic acids is 2. The highest BCUT2D eigenvalue weighted by Gasteiger charge is 2.24. The fourth-order valence-corrected chi connectivity index (χ4v) is 3.91. The normalized spacial score (nSPS) is 15.0. The molecule has 1 fully saturated rings. The molecule has 5 heteroatoms. The molecule has 0 unspecified atom stereocenters. The van der Waals surface area contributed by atoms with Crippen molar-refractivity contribution in [3.63, 3.8) is 0 Å². The molecule has 1 aliphatic heterocycles. The number of hydrogen-bond donors (Lipinski definition) is 1. The van der Waals surface area contributed by atoms with Crippen LogP contribution in [0, 0.1) is 5.92 Å². The Morgan fingerprint density at radius 1 is 1.07 bits per heavy atom. The summed E-state index contributed by atoms with van der Waals surface area (Å²) in [6, 6.07) is 17.8. The Bertz CT molecular complexity index is 986. The summed E-state index contributed by atoms with van der Waals surface area (Å²) in [7, 11) is 0. The van der Waals surface area contributed by atoms with Gasteiger partial charge >= 0.3 is 5.97 Å². The van der Waals surface area contributed by atoms with Gasteiger partial charge in [0.25, 0.3) is 5.91 Å². The number of nitrogens with zero attached hydrogens (tertiary/aromatic N) is 1. The van der Waals surface area contributed by atoms with E-state index < -0.39 is 0 Å². The second-order valence-corrected chi connectivity index (χ2v) is 7.45. The van der Waals surface area contributed by atoms with Crippen molar-refractivity contribution in [1.29, 1.82) is 0 Å². The third kappa shape index (κ3) is 4.09. The predicted octanol–water partition coefficient (Wildman–Crippen LogP) is 4.19. The summed E-state index contributed by atoms with van der Waals surface area (Å²) in [5.74, 6) is 0.770. The van der Waals surface area contributed by atoms with E-state index in [1.165, 1.54) is 12.5 Å². The van der Waals surface area contributed by atoms with Crippen LogP contribution < -0.4 is 4.74 Å². The van der Waals surface area contributed by atoms with E-state index >= 15 is 0 Å². The molecule has 1 saturated heterocycles. The van der Waals surface area contributed by atoms with E-state index in [1.807, 2.05) is 23.1 Å². The van der Waals surface area contributed by atoms with Gasteiger partial charge in [-0.25, -0.2) is 0 Å². The molecule has 5 nitrogen and oxygen atoms in total. The highest BCUT2D eigenvalue weighted by Crippen LogP contribution is 2.25. The van der Waals surface area contributed by atoms with E-state index in [9.17, 15) is 9.59 Å². The molecule has 2 heterocycles. The number of H-pyrrole nitrogens is 1. The van der Waals surface area contributed by atoms with Crippen LogP contribution in [0.15, 0.2) is 54.6 Å². The number of hydrogen-bond acceptors (Lipinski definition) is 3. The maximum Gasteiger partial charge on any atom is 0.308 e. The monoisotopic (exact) mass is 376 g/mol. The van der Waals surface area contributed by atoms with Crippen molar-refractivity contribution < 1.29 is 14.3 Å². The lowest BCUT2D eigenvalue weighted by Crippen LogP contribution is -2.39. The summed E-state index contributed by atoms with van der Waals surface area (Å²) in [4.78, 5) is 29.1. The second-order valence-electron chi connectivity index (χ2n) is 7.45. The van der Waals surface area contributed by atoms with Crippen molar-refractivity contribution >= 4 is 22.8 Å². The molecule has 1 aliphatic rings. The van der Waals surface area contributed by atoms with Crippen LogP contribution in [0.25, 0.3) is 10.9 Å².